The van der Waals surface area contributed by atoms with Gasteiger partial charge in [0.05, 0.1) is 5.41 Å². The first kappa shape index (κ1) is 21.2. The zero-order valence-electron chi connectivity index (χ0n) is 19.7. The summed E-state index contributed by atoms with van der Waals surface area (Å²) in [4.78, 5) is 2.40. The minimum Gasteiger partial charge on any atom is -0.504 e. The second-order valence-corrected chi connectivity index (χ2v) is 10.7. The molecule has 2 aliphatic carbocycles. The lowest BCUT2D eigenvalue weighted by molar-refractivity contribution is -0.230. The fourth-order valence-corrected chi connectivity index (χ4v) is 7.30. The molecule has 2 aromatic carbocycles. The molecule has 0 saturated carbocycles. The summed E-state index contributed by atoms with van der Waals surface area (Å²) >= 11 is 0. The van der Waals surface area contributed by atoms with Gasteiger partial charge in [-0.1, -0.05) is 48.6 Å². The van der Waals surface area contributed by atoms with E-state index in [1.165, 1.54) is 11.1 Å². The third-order valence-corrected chi connectivity index (χ3v) is 9.13. The van der Waals surface area contributed by atoms with Crippen LogP contribution in [-0.4, -0.2) is 58.2 Å². The van der Waals surface area contributed by atoms with Gasteiger partial charge in [-0.2, -0.15) is 0 Å². The van der Waals surface area contributed by atoms with Crippen molar-refractivity contribution in [3.05, 3.63) is 71.3 Å². The molecule has 2 bridgehead atoms. The van der Waals surface area contributed by atoms with E-state index in [9.17, 15) is 10.2 Å². The second-order valence-electron chi connectivity index (χ2n) is 10.7. The van der Waals surface area contributed by atoms with Gasteiger partial charge in [-0.3, -0.25) is 4.90 Å². The van der Waals surface area contributed by atoms with Crippen molar-refractivity contribution in [3.8, 4) is 11.5 Å². The largest absolute Gasteiger partial charge is 0.504 e. The molecule has 6 rings (SSSR count). The van der Waals surface area contributed by atoms with Crippen LogP contribution in [-0.2, 0) is 23.0 Å². The van der Waals surface area contributed by atoms with Crippen LogP contribution >= 0.6 is 0 Å². The van der Waals surface area contributed by atoms with Gasteiger partial charge in [-0.15, -0.1) is 0 Å². The zero-order valence-corrected chi connectivity index (χ0v) is 19.7. The average Bonchev–Trinajstić information content (AvgIpc) is 3.09. The summed E-state index contributed by atoms with van der Waals surface area (Å²) in [5, 5.41) is 22.4. The normalized spacial score (nSPS) is 38.1. The van der Waals surface area contributed by atoms with Crippen molar-refractivity contribution in [1.82, 2.24) is 4.90 Å². The van der Waals surface area contributed by atoms with Gasteiger partial charge in [0.1, 0.15) is 11.2 Å². The van der Waals surface area contributed by atoms with Crippen LogP contribution in [0.2, 0.25) is 0 Å². The van der Waals surface area contributed by atoms with Crippen molar-refractivity contribution in [1.29, 1.82) is 0 Å². The van der Waals surface area contributed by atoms with Crippen molar-refractivity contribution in [3.63, 3.8) is 0 Å². The minimum absolute atomic E-state index is 0.126. The summed E-state index contributed by atoms with van der Waals surface area (Å²) in [7, 11) is 2.17. The van der Waals surface area contributed by atoms with E-state index >= 15 is 0 Å². The lowest BCUT2D eigenvalue weighted by Gasteiger charge is -2.67. The Bertz CT molecular complexity index is 1130. The van der Waals surface area contributed by atoms with Crippen molar-refractivity contribution in [2.75, 3.05) is 20.2 Å². The lowest BCUT2D eigenvalue weighted by Crippen LogP contribution is -2.81. The highest BCUT2D eigenvalue weighted by Crippen LogP contribution is 2.70. The minimum atomic E-state index is -1.20. The number of hydrogen-bond donors (Lipinski definition) is 2. The van der Waals surface area contributed by atoms with Crippen LogP contribution in [0.1, 0.15) is 43.4 Å². The number of hydrogen-bond acceptors (Lipinski definition) is 5. The number of benzene rings is 2. The van der Waals surface area contributed by atoms with Gasteiger partial charge in [-0.25, -0.2) is 0 Å². The maximum absolute atomic E-state index is 11.6. The van der Waals surface area contributed by atoms with E-state index in [0.29, 0.717) is 12.4 Å². The van der Waals surface area contributed by atoms with Crippen LogP contribution in [0.25, 0.3) is 0 Å². The Hall–Kier alpha value is -2.34. The monoisotopic (exact) mass is 447 g/mol. The number of phenolic OH excluding ortho intramolecular Hbond substituents is 1. The van der Waals surface area contributed by atoms with Crippen LogP contribution < -0.4 is 4.74 Å². The van der Waals surface area contributed by atoms with E-state index in [1.54, 1.807) is 6.07 Å². The Kier molecular flexibility index (Phi) is 4.40. The molecule has 1 saturated heterocycles. The fraction of sp³-hybridized carbons (Fsp3) is 0.500. The summed E-state index contributed by atoms with van der Waals surface area (Å²) in [6.45, 7) is 5.34. The molecule has 2 heterocycles. The molecule has 0 unspecified atom stereocenters. The van der Waals surface area contributed by atoms with Crippen LogP contribution in [0, 0.1) is 0 Å². The van der Waals surface area contributed by atoms with Crippen LogP contribution in [0.3, 0.4) is 0 Å². The van der Waals surface area contributed by atoms with E-state index in [1.807, 2.05) is 32.1 Å². The van der Waals surface area contributed by atoms with Crippen molar-refractivity contribution < 1.29 is 19.7 Å². The Morgan fingerprint density at radius 3 is 2.70 bits per heavy atom. The Labute approximate surface area is 195 Å². The first-order chi connectivity index (χ1) is 15.8. The summed E-state index contributed by atoms with van der Waals surface area (Å²) in [6, 6.07) is 14.4. The summed E-state index contributed by atoms with van der Waals surface area (Å²) < 4.78 is 13.6. The molecule has 0 aromatic heterocycles. The van der Waals surface area contributed by atoms with Gasteiger partial charge in [0.2, 0.25) is 0 Å². The number of aryl methyl sites for hydroxylation is 1. The summed E-state index contributed by atoms with van der Waals surface area (Å²) in [5.74, 6) is 0.671. The van der Waals surface area contributed by atoms with Gasteiger partial charge < -0.3 is 19.7 Å². The third kappa shape index (κ3) is 2.48. The first-order valence-electron chi connectivity index (χ1n) is 12.1. The molecule has 5 atom stereocenters. The summed E-state index contributed by atoms with van der Waals surface area (Å²) in [6.07, 6.45) is 7.50. The highest BCUT2D eigenvalue weighted by Gasteiger charge is 2.79. The average molecular weight is 448 g/mol. The van der Waals surface area contributed by atoms with Crippen molar-refractivity contribution in [2.45, 2.75) is 67.8 Å². The molecule has 2 N–H and O–H groups in total. The molecule has 1 spiro atoms. The Morgan fingerprint density at radius 2 is 1.91 bits per heavy atom. The number of aromatic hydroxyl groups is 1. The van der Waals surface area contributed by atoms with Gasteiger partial charge in [0, 0.05) is 18.2 Å². The molecule has 2 aromatic rings. The number of likely N-dealkylation sites (N-methyl/N-ethyl adjacent to an activating group) is 1. The van der Waals surface area contributed by atoms with Gasteiger partial charge in [-0.05, 0) is 70.3 Å². The van der Waals surface area contributed by atoms with E-state index in [0.717, 1.165) is 37.8 Å². The first-order valence-corrected chi connectivity index (χ1v) is 12.1. The van der Waals surface area contributed by atoms with Crippen LogP contribution in [0.4, 0.5) is 0 Å². The number of aliphatic hydroxyl groups is 1. The predicted molar refractivity (Wildman–Crippen MR) is 127 cm³/mol. The van der Waals surface area contributed by atoms with Crippen LogP contribution in [0.15, 0.2) is 54.6 Å². The SMILES string of the molecule is CN1CC[C@]23c4c5ccc(O)c4O[C@@]2(C)[C@@](C)(O)C=C[C@@]3(OCCCc2ccccc2)[C@H]1C5. The highest BCUT2D eigenvalue weighted by atomic mass is 16.5. The standard InChI is InChI=1S/C28H33NO4/c1-25(31)13-14-28(32-17-7-10-19-8-5-4-6-9-19)22-18-20-11-12-21(30)24-23(20)27(28,15-16-29(22)3)26(25,2)33-24/h4-6,8-9,11-14,22,30-31H,7,10,15-18H2,1-3H3/t22-,25+,26+,27+,28-/m1/s1. The highest BCUT2D eigenvalue weighted by molar-refractivity contribution is 5.66. The molecule has 5 nitrogen and oxygen atoms in total. The maximum Gasteiger partial charge on any atom is 0.166 e. The Morgan fingerprint density at radius 1 is 1.12 bits per heavy atom. The molecule has 33 heavy (non-hydrogen) atoms. The molecular formula is C28H33NO4. The third-order valence-electron chi connectivity index (χ3n) is 9.13. The van der Waals surface area contributed by atoms with Gasteiger partial charge >= 0.3 is 0 Å². The smallest absolute Gasteiger partial charge is 0.166 e. The molecule has 174 valence electrons. The quantitative estimate of drug-likeness (QED) is 0.540. The molecule has 0 amide bonds. The van der Waals surface area contributed by atoms with Gasteiger partial charge in [0.15, 0.2) is 17.1 Å². The number of nitrogens with zero attached hydrogens (tertiary/aromatic N) is 1. The maximum atomic E-state index is 11.6. The molecule has 1 fully saturated rings. The lowest BCUT2D eigenvalue weighted by atomic mass is 9.44. The number of piperidine rings is 1. The predicted octanol–water partition coefficient (Wildman–Crippen LogP) is 3.75. The number of likely N-dealkylation sites (tertiary alicyclic amines) is 1. The van der Waals surface area contributed by atoms with E-state index in [4.69, 9.17) is 9.47 Å². The van der Waals surface area contributed by atoms with E-state index in [2.05, 4.69) is 42.3 Å². The van der Waals surface area contributed by atoms with E-state index in [-0.39, 0.29) is 11.8 Å². The molecule has 5 heteroatoms. The van der Waals surface area contributed by atoms with Crippen LogP contribution in [0.5, 0.6) is 11.5 Å². The molecular weight excluding hydrogens is 414 g/mol. The van der Waals surface area contributed by atoms with Crippen molar-refractivity contribution >= 4 is 0 Å². The van der Waals surface area contributed by atoms with Crippen molar-refractivity contribution in [2.24, 2.45) is 0 Å². The number of rotatable bonds is 5. The zero-order chi connectivity index (χ0) is 23.1. The number of phenols is 1. The summed E-state index contributed by atoms with van der Waals surface area (Å²) in [5.41, 5.74) is 0.170. The molecule has 4 aliphatic rings. The van der Waals surface area contributed by atoms with E-state index < -0.39 is 22.2 Å². The second kappa shape index (κ2) is 6.84. The molecule has 0 radical (unpaired) electrons. The molecule has 2 aliphatic heterocycles. The Balaban J connectivity index is 1.47. The fourth-order valence-electron chi connectivity index (χ4n) is 7.30. The van der Waals surface area contributed by atoms with Gasteiger partial charge in [0.25, 0.3) is 0 Å². The number of ether oxygens (including phenoxy) is 2. The topological polar surface area (TPSA) is 62.2 Å².